The van der Waals surface area contributed by atoms with Crippen molar-refractivity contribution in [1.82, 2.24) is 10.3 Å². The summed E-state index contributed by atoms with van der Waals surface area (Å²) in [5, 5.41) is 3.30. The number of rotatable bonds is 3. The number of nitrogens with zero attached hydrogens (tertiary/aromatic N) is 2. The lowest BCUT2D eigenvalue weighted by Gasteiger charge is -2.21. The van der Waals surface area contributed by atoms with Crippen molar-refractivity contribution < 1.29 is 9.59 Å². The van der Waals surface area contributed by atoms with Crippen molar-refractivity contribution in [1.29, 1.82) is 0 Å². The molecule has 1 aliphatic heterocycles. The first-order valence-corrected chi connectivity index (χ1v) is 9.70. The normalized spacial score (nSPS) is 16.2. The number of benzene rings is 2. The van der Waals surface area contributed by atoms with Gasteiger partial charge < -0.3 is 10.2 Å². The minimum atomic E-state index is -0.648. The van der Waals surface area contributed by atoms with Gasteiger partial charge in [-0.1, -0.05) is 41.9 Å². The third-order valence-corrected chi connectivity index (χ3v) is 5.37. The van der Waals surface area contributed by atoms with E-state index in [4.69, 9.17) is 11.6 Å². The van der Waals surface area contributed by atoms with Crippen LogP contribution in [0.25, 0.3) is 11.1 Å². The fourth-order valence-electron chi connectivity index (χ4n) is 3.48. The molecular formula is C23H20ClN3O2. The van der Waals surface area contributed by atoms with Gasteiger partial charge in [-0.25, -0.2) is 0 Å². The number of carbonyl (C=O) groups excluding carboxylic acids is 2. The van der Waals surface area contributed by atoms with Crippen LogP contribution in [0.2, 0.25) is 5.02 Å². The summed E-state index contributed by atoms with van der Waals surface area (Å²) >= 11 is 6.03. The maximum Gasteiger partial charge on any atom is 0.254 e. The Balaban J connectivity index is 1.56. The highest BCUT2D eigenvalue weighted by Gasteiger charge is 2.31. The minimum absolute atomic E-state index is 0.161. The second-order valence-electron chi connectivity index (χ2n) is 7.17. The number of amides is 2. The average molecular weight is 406 g/mol. The van der Waals surface area contributed by atoms with E-state index in [1.165, 1.54) is 4.90 Å². The Hall–Kier alpha value is -3.18. The molecule has 3 aromatic rings. The summed E-state index contributed by atoms with van der Waals surface area (Å²) in [6, 6.07) is 16.3. The van der Waals surface area contributed by atoms with Gasteiger partial charge in [0.2, 0.25) is 5.91 Å². The molecule has 1 N–H and O–H groups in total. The maximum absolute atomic E-state index is 12.9. The van der Waals surface area contributed by atoms with Crippen LogP contribution in [0.5, 0.6) is 0 Å². The Bertz CT molecular complexity index is 1080. The lowest BCUT2D eigenvalue weighted by atomic mass is 10.0. The molecule has 1 aliphatic rings. The van der Waals surface area contributed by atoms with Gasteiger partial charge >= 0.3 is 0 Å². The number of anilines is 1. The molecule has 0 saturated heterocycles. The lowest BCUT2D eigenvalue weighted by Crippen LogP contribution is -2.45. The number of hydrogen-bond acceptors (Lipinski definition) is 3. The molecule has 0 aliphatic carbocycles. The lowest BCUT2D eigenvalue weighted by molar-refractivity contribution is -0.120. The monoisotopic (exact) mass is 405 g/mol. The van der Waals surface area contributed by atoms with E-state index in [9.17, 15) is 9.59 Å². The third-order valence-electron chi connectivity index (χ3n) is 5.14. The number of halogens is 1. The number of fused-ring (bicyclic) bond motifs is 1. The zero-order chi connectivity index (χ0) is 20.5. The van der Waals surface area contributed by atoms with E-state index >= 15 is 0 Å². The smallest absolute Gasteiger partial charge is 0.254 e. The number of aromatic nitrogens is 1. The van der Waals surface area contributed by atoms with E-state index in [0.717, 1.165) is 22.4 Å². The molecular weight excluding hydrogens is 386 g/mol. The van der Waals surface area contributed by atoms with Gasteiger partial charge in [0.25, 0.3) is 5.91 Å². The first-order chi connectivity index (χ1) is 13.9. The molecule has 6 heteroatoms. The minimum Gasteiger partial charge on any atom is -0.340 e. The number of hydrogen-bond donors (Lipinski definition) is 1. The zero-order valence-electron chi connectivity index (χ0n) is 16.1. The summed E-state index contributed by atoms with van der Waals surface area (Å²) in [5.41, 5.74) is 4.98. The molecule has 0 radical (unpaired) electrons. The van der Waals surface area contributed by atoms with Crippen molar-refractivity contribution in [3.05, 3.63) is 82.6 Å². The van der Waals surface area contributed by atoms with Crippen LogP contribution in [0, 0.1) is 6.92 Å². The fraction of sp³-hybridized carbons (Fsp3) is 0.174. The number of likely N-dealkylation sites (N-methyl/N-ethyl adjacent to an activating group) is 1. The third kappa shape index (κ3) is 3.87. The van der Waals surface area contributed by atoms with Crippen LogP contribution in [0.1, 0.15) is 21.6 Å². The van der Waals surface area contributed by atoms with Crippen LogP contribution >= 0.6 is 11.6 Å². The Morgan fingerprint density at radius 2 is 1.76 bits per heavy atom. The fourth-order valence-corrected chi connectivity index (χ4v) is 3.65. The van der Waals surface area contributed by atoms with E-state index in [2.05, 4.69) is 10.3 Å². The van der Waals surface area contributed by atoms with Gasteiger partial charge in [-0.2, -0.15) is 0 Å². The molecule has 2 heterocycles. The number of nitrogens with one attached hydrogen (secondary N) is 1. The second kappa shape index (κ2) is 7.68. The highest BCUT2D eigenvalue weighted by atomic mass is 35.5. The zero-order valence-corrected chi connectivity index (χ0v) is 16.9. The molecule has 0 bridgehead atoms. The summed E-state index contributed by atoms with van der Waals surface area (Å²) in [5.74, 6) is -0.459. The molecule has 0 spiro atoms. The van der Waals surface area contributed by atoms with Crippen LogP contribution in [-0.2, 0) is 11.2 Å². The van der Waals surface area contributed by atoms with Crippen molar-refractivity contribution >= 4 is 29.1 Å². The average Bonchev–Trinajstić information content (AvgIpc) is 2.80. The SMILES string of the molecule is Cc1ccc(-c2ccc(CC3NC(=O)c4cc(Cl)ccc4N(C)C3=O)cc2)cn1. The molecule has 29 heavy (non-hydrogen) atoms. The Labute approximate surface area is 174 Å². The highest BCUT2D eigenvalue weighted by molar-refractivity contribution is 6.31. The molecule has 4 rings (SSSR count). The van der Waals surface area contributed by atoms with Gasteiger partial charge in [-0.05, 0) is 42.3 Å². The summed E-state index contributed by atoms with van der Waals surface area (Å²) in [4.78, 5) is 31.4. The van der Waals surface area contributed by atoms with E-state index in [1.54, 1.807) is 25.2 Å². The van der Waals surface area contributed by atoms with Crippen LogP contribution in [0.4, 0.5) is 5.69 Å². The Morgan fingerprint density at radius 1 is 1.03 bits per heavy atom. The summed E-state index contributed by atoms with van der Waals surface area (Å²) in [6.07, 6.45) is 2.25. The van der Waals surface area contributed by atoms with E-state index < -0.39 is 6.04 Å². The van der Waals surface area contributed by atoms with Crippen molar-refractivity contribution in [2.24, 2.45) is 0 Å². The summed E-state index contributed by atoms with van der Waals surface area (Å²) in [7, 11) is 1.68. The van der Waals surface area contributed by atoms with Crippen LogP contribution in [0.3, 0.4) is 0 Å². The van der Waals surface area contributed by atoms with Gasteiger partial charge in [0.05, 0.1) is 11.3 Å². The Morgan fingerprint density at radius 3 is 2.45 bits per heavy atom. The molecule has 5 nitrogen and oxygen atoms in total. The molecule has 2 amide bonds. The standard InChI is InChI=1S/C23H20ClN3O2/c1-14-3-6-17(13-25-14)16-7-4-15(5-8-16)11-20-23(29)27(2)21-10-9-18(24)12-19(21)22(28)26-20/h3-10,12-13,20H,11H2,1-2H3,(H,26,28). The topological polar surface area (TPSA) is 62.3 Å². The van der Waals surface area contributed by atoms with Crippen LogP contribution in [0.15, 0.2) is 60.8 Å². The second-order valence-corrected chi connectivity index (χ2v) is 7.61. The summed E-state index contributed by atoms with van der Waals surface area (Å²) < 4.78 is 0. The Kier molecular flexibility index (Phi) is 5.07. The molecule has 1 atom stereocenters. The van der Waals surface area contributed by atoms with Gasteiger partial charge in [-0.3, -0.25) is 14.6 Å². The van der Waals surface area contributed by atoms with Gasteiger partial charge in [0, 0.05) is 35.9 Å². The first kappa shape index (κ1) is 19.2. The highest BCUT2D eigenvalue weighted by Crippen LogP contribution is 2.27. The van der Waals surface area contributed by atoms with Crippen molar-refractivity contribution in [2.45, 2.75) is 19.4 Å². The molecule has 0 saturated carbocycles. The van der Waals surface area contributed by atoms with Gasteiger partial charge in [-0.15, -0.1) is 0 Å². The van der Waals surface area contributed by atoms with E-state index in [1.807, 2.05) is 49.5 Å². The largest absolute Gasteiger partial charge is 0.340 e. The molecule has 146 valence electrons. The molecule has 1 aromatic heterocycles. The van der Waals surface area contributed by atoms with Crippen molar-refractivity contribution in [3.8, 4) is 11.1 Å². The number of pyridine rings is 1. The van der Waals surface area contributed by atoms with Crippen LogP contribution < -0.4 is 10.2 Å². The predicted molar refractivity (Wildman–Crippen MR) is 114 cm³/mol. The predicted octanol–water partition coefficient (Wildman–Crippen LogP) is 4.03. The number of aryl methyl sites for hydroxylation is 1. The maximum atomic E-state index is 12.9. The van der Waals surface area contributed by atoms with E-state index in [0.29, 0.717) is 22.7 Å². The number of carbonyl (C=O) groups is 2. The van der Waals surface area contributed by atoms with Gasteiger partial charge in [0.1, 0.15) is 6.04 Å². The molecule has 0 fully saturated rings. The van der Waals surface area contributed by atoms with Crippen molar-refractivity contribution in [3.63, 3.8) is 0 Å². The molecule has 1 unspecified atom stereocenters. The van der Waals surface area contributed by atoms with Gasteiger partial charge in [0.15, 0.2) is 0 Å². The van der Waals surface area contributed by atoms with Crippen molar-refractivity contribution in [2.75, 3.05) is 11.9 Å². The molecule has 2 aromatic carbocycles. The first-order valence-electron chi connectivity index (χ1n) is 9.32. The van der Waals surface area contributed by atoms with E-state index in [-0.39, 0.29) is 11.8 Å². The summed E-state index contributed by atoms with van der Waals surface area (Å²) in [6.45, 7) is 1.95. The van der Waals surface area contributed by atoms with Crippen LogP contribution in [-0.4, -0.2) is 29.9 Å². The quantitative estimate of drug-likeness (QED) is 0.715.